The van der Waals surface area contributed by atoms with Crippen LogP contribution in [0.4, 0.5) is 4.79 Å². The summed E-state index contributed by atoms with van der Waals surface area (Å²) in [7, 11) is 1.19. The fourth-order valence-electron chi connectivity index (χ4n) is 4.74. The fraction of sp³-hybridized carbons (Fsp3) is 0.800. The van der Waals surface area contributed by atoms with Crippen LogP contribution in [-0.4, -0.2) is 94.0 Å². The Morgan fingerprint density at radius 2 is 1.70 bits per heavy atom. The number of hydrogen-bond donors (Lipinski definition) is 2. The number of nitrogens with zero attached hydrogens (tertiary/aromatic N) is 3. The highest BCUT2D eigenvalue weighted by Gasteiger charge is 2.60. The number of alkyl carbamates (subject to hydrolysis) is 1. The van der Waals surface area contributed by atoms with Crippen molar-refractivity contribution in [3.8, 4) is 0 Å². The molecule has 1 aromatic rings. The molecule has 6 atom stereocenters. The van der Waals surface area contributed by atoms with E-state index in [1.807, 2.05) is 27.7 Å². The van der Waals surface area contributed by atoms with Crippen LogP contribution < -0.4 is 10.6 Å². The fourth-order valence-corrected chi connectivity index (χ4v) is 4.74. The van der Waals surface area contributed by atoms with E-state index in [2.05, 4.69) is 25.7 Å². The first-order chi connectivity index (χ1) is 18.5. The first-order valence-electron chi connectivity index (χ1n) is 13.1. The summed E-state index contributed by atoms with van der Waals surface area (Å²) >= 11 is 0. The maximum Gasteiger partial charge on any atom is 0.408 e. The van der Waals surface area contributed by atoms with E-state index in [-0.39, 0.29) is 19.5 Å². The zero-order valence-electron chi connectivity index (χ0n) is 24.1. The predicted octanol–water partition coefficient (Wildman–Crippen LogP) is 0.747. The van der Waals surface area contributed by atoms with Crippen molar-refractivity contribution in [2.75, 3.05) is 7.11 Å². The van der Waals surface area contributed by atoms with E-state index >= 15 is 0 Å². The second kappa shape index (κ2) is 11.2. The topological polar surface area (TPSA) is 171 Å². The van der Waals surface area contributed by atoms with Gasteiger partial charge in [-0.25, -0.2) is 9.48 Å². The number of ether oxygens (including phenoxy) is 7. The number of methoxy groups -OCH3 is 1. The Kier molecular flexibility index (Phi) is 8.43. The summed E-state index contributed by atoms with van der Waals surface area (Å²) in [4.78, 5) is 36.8. The zero-order valence-corrected chi connectivity index (χ0v) is 24.1. The maximum absolute atomic E-state index is 12.8. The minimum Gasteiger partial charge on any atom is -0.469 e. The molecule has 4 rings (SSSR count). The molecule has 3 aliphatic heterocycles. The number of carbonyl (C=O) groups is 3. The third kappa shape index (κ3) is 7.46. The van der Waals surface area contributed by atoms with Crippen LogP contribution in [0.3, 0.4) is 0 Å². The van der Waals surface area contributed by atoms with Crippen LogP contribution in [0, 0.1) is 0 Å². The molecule has 0 spiro atoms. The lowest BCUT2D eigenvalue weighted by Gasteiger charge is -2.37. The molecule has 40 heavy (non-hydrogen) atoms. The Morgan fingerprint density at radius 3 is 2.38 bits per heavy atom. The van der Waals surface area contributed by atoms with Gasteiger partial charge in [0.1, 0.15) is 41.8 Å². The number of amides is 2. The predicted molar refractivity (Wildman–Crippen MR) is 134 cm³/mol. The summed E-state index contributed by atoms with van der Waals surface area (Å²) in [5.74, 6) is -2.94. The SMILES string of the molecule is COC(=O)C[C@H](NC(=O)OC(C)(C)C)C(=O)NCc1cn(C[C@H]2O[C@@H]3OC(C)(C)O[C@@H]3[C@H]3OC(C)(C)O[C@H]32)nn1. The number of aromatic nitrogens is 3. The van der Waals surface area contributed by atoms with Gasteiger partial charge in [-0.05, 0) is 48.5 Å². The minimum atomic E-state index is -1.21. The van der Waals surface area contributed by atoms with Crippen LogP contribution in [0.1, 0.15) is 60.6 Å². The molecule has 3 saturated heterocycles. The summed E-state index contributed by atoms with van der Waals surface area (Å²) in [6.45, 7) is 12.6. The van der Waals surface area contributed by atoms with E-state index < -0.39 is 71.9 Å². The highest BCUT2D eigenvalue weighted by atomic mass is 16.9. The van der Waals surface area contributed by atoms with Gasteiger partial charge in [-0.2, -0.15) is 0 Å². The average Bonchev–Trinajstić information content (AvgIpc) is 3.49. The van der Waals surface area contributed by atoms with Crippen LogP contribution in [0.15, 0.2) is 6.20 Å². The summed E-state index contributed by atoms with van der Waals surface area (Å²) in [5, 5.41) is 13.3. The molecule has 1 aromatic heterocycles. The molecule has 0 unspecified atom stereocenters. The second-order valence-corrected chi connectivity index (χ2v) is 11.8. The van der Waals surface area contributed by atoms with Gasteiger partial charge in [-0.15, -0.1) is 5.10 Å². The monoisotopic (exact) mass is 569 g/mol. The first-order valence-corrected chi connectivity index (χ1v) is 13.1. The van der Waals surface area contributed by atoms with E-state index in [4.69, 9.17) is 28.4 Å². The van der Waals surface area contributed by atoms with Crippen LogP contribution in [0.2, 0.25) is 0 Å². The molecule has 15 nitrogen and oxygen atoms in total. The molecule has 4 heterocycles. The molecule has 224 valence electrons. The number of esters is 1. The van der Waals surface area contributed by atoms with Gasteiger partial charge in [0.25, 0.3) is 0 Å². The van der Waals surface area contributed by atoms with Gasteiger partial charge in [-0.1, -0.05) is 5.21 Å². The quantitative estimate of drug-likeness (QED) is 0.422. The van der Waals surface area contributed by atoms with Crippen molar-refractivity contribution in [1.82, 2.24) is 25.6 Å². The van der Waals surface area contributed by atoms with Crippen LogP contribution >= 0.6 is 0 Å². The Balaban J connectivity index is 1.37. The van der Waals surface area contributed by atoms with Gasteiger partial charge in [0.05, 0.1) is 32.8 Å². The van der Waals surface area contributed by atoms with Gasteiger partial charge in [-0.3, -0.25) is 9.59 Å². The minimum absolute atomic E-state index is 0.00738. The van der Waals surface area contributed by atoms with Gasteiger partial charge < -0.3 is 43.8 Å². The standard InChI is InChI=1S/C25H39N5O10/c1-23(2,3)40-22(33)27-14(9-16(31)34-8)20(32)26-10-13-11-30(29-28-13)12-15-17-18(37-24(4,5)36-17)19-21(35-15)39-25(6,7)38-19/h11,14-15,17-19,21H,9-10,12H2,1-8H3,(H,26,32)(H,27,33)/t14-,15+,17-,18-,19+,21+/m0/s1. The Labute approximate surface area is 232 Å². The average molecular weight is 570 g/mol. The molecule has 0 saturated carbocycles. The number of nitrogens with one attached hydrogen (secondary N) is 2. The first kappa shape index (κ1) is 30.1. The number of hydrogen-bond acceptors (Lipinski definition) is 12. The van der Waals surface area contributed by atoms with Crippen molar-refractivity contribution in [3.63, 3.8) is 0 Å². The van der Waals surface area contributed by atoms with Crippen molar-refractivity contribution in [2.45, 2.75) is 122 Å². The van der Waals surface area contributed by atoms with Gasteiger partial charge in [0.15, 0.2) is 17.9 Å². The van der Waals surface area contributed by atoms with E-state index in [1.54, 1.807) is 31.6 Å². The number of carbonyl (C=O) groups excluding carboxylic acids is 3. The Hall–Kier alpha value is -2.85. The van der Waals surface area contributed by atoms with E-state index in [9.17, 15) is 14.4 Å². The molecule has 3 fully saturated rings. The summed E-state index contributed by atoms with van der Waals surface area (Å²) < 4.78 is 41.9. The Bertz CT molecular complexity index is 1100. The van der Waals surface area contributed by atoms with Gasteiger partial charge in [0.2, 0.25) is 5.91 Å². The van der Waals surface area contributed by atoms with Crippen LogP contribution in [-0.2, 0) is 55.8 Å². The lowest BCUT2D eigenvalue weighted by Crippen LogP contribution is -2.56. The largest absolute Gasteiger partial charge is 0.469 e. The molecule has 2 amide bonds. The summed E-state index contributed by atoms with van der Waals surface area (Å²) in [5.41, 5.74) is -0.339. The third-order valence-electron chi connectivity index (χ3n) is 6.25. The van der Waals surface area contributed by atoms with Crippen molar-refractivity contribution < 1.29 is 47.5 Å². The second-order valence-electron chi connectivity index (χ2n) is 11.8. The maximum atomic E-state index is 12.8. The molecule has 2 N–H and O–H groups in total. The van der Waals surface area contributed by atoms with Gasteiger partial charge >= 0.3 is 12.1 Å². The zero-order chi connectivity index (χ0) is 29.5. The van der Waals surface area contributed by atoms with E-state index in [1.165, 1.54) is 7.11 Å². The van der Waals surface area contributed by atoms with Crippen molar-refractivity contribution in [3.05, 3.63) is 11.9 Å². The van der Waals surface area contributed by atoms with Crippen molar-refractivity contribution in [1.29, 1.82) is 0 Å². The molecule has 0 bridgehead atoms. The van der Waals surface area contributed by atoms with Crippen molar-refractivity contribution in [2.24, 2.45) is 0 Å². The van der Waals surface area contributed by atoms with Gasteiger partial charge in [0, 0.05) is 0 Å². The van der Waals surface area contributed by atoms with Crippen LogP contribution in [0.5, 0.6) is 0 Å². The Morgan fingerprint density at radius 1 is 1.05 bits per heavy atom. The van der Waals surface area contributed by atoms with E-state index in [0.717, 1.165) is 0 Å². The van der Waals surface area contributed by atoms with Crippen molar-refractivity contribution >= 4 is 18.0 Å². The molecule has 3 aliphatic rings. The van der Waals surface area contributed by atoms with E-state index in [0.29, 0.717) is 5.69 Å². The van der Waals surface area contributed by atoms with Crippen LogP contribution in [0.25, 0.3) is 0 Å². The lowest BCUT2D eigenvalue weighted by atomic mass is 9.99. The molecular formula is C25H39N5O10. The molecule has 15 heteroatoms. The third-order valence-corrected chi connectivity index (χ3v) is 6.25. The molecule has 0 radical (unpaired) electrons. The summed E-state index contributed by atoms with van der Waals surface area (Å²) in [6, 6.07) is -1.21. The smallest absolute Gasteiger partial charge is 0.408 e. The summed E-state index contributed by atoms with van der Waals surface area (Å²) in [6.07, 6.45) is -1.94. The molecule has 0 aliphatic carbocycles. The number of fused-ring (bicyclic) bond motifs is 3. The normalized spacial score (nSPS) is 29.1. The highest BCUT2D eigenvalue weighted by Crippen LogP contribution is 2.44. The number of rotatable bonds is 8. The lowest BCUT2D eigenvalue weighted by molar-refractivity contribution is -0.236. The molecular weight excluding hydrogens is 530 g/mol. The molecule has 0 aromatic carbocycles. The highest BCUT2D eigenvalue weighted by molar-refractivity contribution is 5.89.